The second kappa shape index (κ2) is 7.03. The fourth-order valence-corrected chi connectivity index (χ4v) is 1.76. The molecule has 1 amide bonds. The molecule has 1 atom stereocenters. The van der Waals surface area contributed by atoms with Crippen molar-refractivity contribution in [3.05, 3.63) is 24.3 Å². The van der Waals surface area contributed by atoms with Crippen LogP contribution in [0.2, 0.25) is 0 Å². The maximum atomic E-state index is 11.6. The zero-order valence-electron chi connectivity index (χ0n) is 10.2. The average molecular weight is 269 g/mol. The predicted molar refractivity (Wildman–Crippen MR) is 69.9 cm³/mol. The second-order valence-electron chi connectivity index (χ2n) is 3.54. The van der Waals surface area contributed by atoms with Gasteiger partial charge < -0.3 is 15.2 Å². The van der Waals surface area contributed by atoms with E-state index in [1.54, 1.807) is 6.07 Å². The van der Waals surface area contributed by atoms with Gasteiger partial charge in [-0.3, -0.25) is 4.79 Å². The molecule has 1 aromatic rings. The summed E-state index contributed by atoms with van der Waals surface area (Å²) in [6.07, 6.45) is 0.917. The Labute approximate surface area is 110 Å². The molecule has 0 saturated carbocycles. The maximum Gasteiger partial charge on any atom is 0.332 e. The van der Waals surface area contributed by atoms with Crippen molar-refractivity contribution in [3.63, 3.8) is 0 Å². The summed E-state index contributed by atoms with van der Waals surface area (Å²) in [5.74, 6) is -1.46. The molecule has 1 aromatic carbocycles. The van der Waals surface area contributed by atoms with Crippen LogP contribution in [0.25, 0.3) is 0 Å². The van der Waals surface area contributed by atoms with E-state index in [-0.39, 0.29) is 12.5 Å². The van der Waals surface area contributed by atoms with E-state index in [4.69, 9.17) is 9.84 Å². The predicted octanol–water partition coefficient (Wildman–Crippen LogP) is 1.84. The first-order valence-corrected chi connectivity index (χ1v) is 6.54. The number of carbonyl (C=O) groups excluding carboxylic acids is 1. The summed E-state index contributed by atoms with van der Waals surface area (Å²) >= 11 is 1.52. The van der Waals surface area contributed by atoms with E-state index in [0.717, 1.165) is 4.90 Å². The van der Waals surface area contributed by atoms with Crippen LogP contribution in [0.1, 0.15) is 6.92 Å². The molecular weight excluding hydrogens is 254 g/mol. The molecule has 0 spiro atoms. The Bertz CT molecular complexity index is 436. The van der Waals surface area contributed by atoms with Crippen molar-refractivity contribution in [3.8, 4) is 0 Å². The number of para-hydroxylation sites is 1. The fourth-order valence-electron chi connectivity index (χ4n) is 1.21. The summed E-state index contributed by atoms with van der Waals surface area (Å²) in [6, 6.07) is 7.37. The number of amides is 1. The van der Waals surface area contributed by atoms with Crippen molar-refractivity contribution in [1.82, 2.24) is 0 Å². The van der Waals surface area contributed by atoms with Crippen LogP contribution in [-0.4, -0.2) is 35.9 Å². The molecule has 5 nitrogen and oxygen atoms in total. The number of hydrogen-bond acceptors (Lipinski definition) is 4. The van der Waals surface area contributed by atoms with Gasteiger partial charge in [-0.15, -0.1) is 11.8 Å². The summed E-state index contributed by atoms with van der Waals surface area (Å²) in [7, 11) is 0. The Morgan fingerprint density at radius 3 is 2.72 bits per heavy atom. The van der Waals surface area contributed by atoms with Gasteiger partial charge in [0.2, 0.25) is 5.91 Å². The van der Waals surface area contributed by atoms with Gasteiger partial charge in [-0.05, 0) is 25.3 Å². The van der Waals surface area contributed by atoms with Crippen LogP contribution < -0.4 is 5.32 Å². The number of ether oxygens (including phenoxy) is 1. The number of benzene rings is 1. The molecule has 1 rings (SSSR count). The number of hydrogen-bond donors (Lipinski definition) is 2. The van der Waals surface area contributed by atoms with E-state index in [0.29, 0.717) is 5.69 Å². The summed E-state index contributed by atoms with van der Waals surface area (Å²) < 4.78 is 4.89. The molecule has 0 aliphatic rings. The van der Waals surface area contributed by atoms with Crippen molar-refractivity contribution < 1.29 is 19.4 Å². The van der Waals surface area contributed by atoms with Gasteiger partial charge in [-0.2, -0.15) is 0 Å². The molecule has 18 heavy (non-hydrogen) atoms. The van der Waals surface area contributed by atoms with Crippen molar-refractivity contribution in [2.75, 3.05) is 18.2 Å². The highest BCUT2D eigenvalue weighted by Crippen LogP contribution is 2.24. The van der Waals surface area contributed by atoms with Gasteiger partial charge in [0.15, 0.2) is 6.10 Å². The minimum Gasteiger partial charge on any atom is -0.479 e. The van der Waals surface area contributed by atoms with Crippen LogP contribution >= 0.6 is 11.8 Å². The Morgan fingerprint density at radius 1 is 1.44 bits per heavy atom. The zero-order valence-corrected chi connectivity index (χ0v) is 11.0. The average Bonchev–Trinajstić information content (AvgIpc) is 2.36. The monoisotopic (exact) mass is 269 g/mol. The molecule has 0 radical (unpaired) electrons. The SMILES string of the molecule is CSc1ccccc1NC(=O)CO[C@@H](C)C(=O)O. The topological polar surface area (TPSA) is 75.6 Å². The molecule has 0 fully saturated rings. The summed E-state index contributed by atoms with van der Waals surface area (Å²) in [5, 5.41) is 11.3. The van der Waals surface area contributed by atoms with Crippen LogP contribution in [0.3, 0.4) is 0 Å². The number of aliphatic carboxylic acids is 1. The van der Waals surface area contributed by atoms with Gasteiger partial charge in [-0.25, -0.2) is 4.79 Å². The maximum absolute atomic E-state index is 11.6. The highest BCUT2D eigenvalue weighted by atomic mass is 32.2. The lowest BCUT2D eigenvalue weighted by atomic mass is 10.3. The Kier molecular flexibility index (Phi) is 5.67. The lowest BCUT2D eigenvalue weighted by Gasteiger charge is -2.11. The number of carbonyl (C=O) groups is 2. The van der Waals surface area contributed by atoms with Crippen LogP contribution in [0.4, 0.5) is 5.69 Å². The normalized spacial score (nSPS) is 11.9. The molecule has 98 valence electrons. The molecule has 0 bridgehead atoms. The summed E-state index contributed by atoms with van der Waals surface area (Å²) in [5.41, 5.74) is 0.696. The van der Waals surface area contributed by atoms with Crippen molar-refractivity contribution >= 4 is 29.3 Å². The Morgan fingerprint density at radius 2 is 2.11 bits per heavy atom. The van der Waals surface area contributed by atoms with E-state index in [2.05, 4.69) is 5.32 Å². The van der Waals surface area contributed by atoms with Gasteiger partial charge in [0.25, 0.3) is 0 Å². The molecule has 6 heteroatoms. The van der Waals surface area contributed by atoms with Crippen LogP contribution in [0.15, 0.2) is 29.2 Å². The summed E-state index contributed by atoms with van der Waals surface area (Å²) in [4.78, 5) is 23.0. The third-order valence-electron chi connectivity index (χ3n) is 2.19. The minimum absolute atomic E-state index is 0.282. The van der Waals surface area contributed by atoms with Gasteiger partial charge in [0.05, 0.1) is 5.69 Å². The van der Waals surface area contributed by atoms with E-state index in [1.807, 2.05) is 24.5 Å². The second-order valence-corrected chi connectivity index (χ2v) is 4.39. The van der Waals surface area contributed by atoms with Gasteiger partial charge in [0.1, 0.15) is 6.61 Å². The van der Waals surface area contributed by atoms with Crippen LogP contribution in [-0.2, 0) is 14.3 Å². The smallest absolute Gasteiger partial charge is 0.332 e. The standard InChI is InChI=1S/C12H15NO4S/c1-8(12(15)16)17-7-11(14)13-9-5-3-4-6-10(9)18-2/h3-6,8H,7H2,1-2H3,(H,13,14)(H,15,16)/t8-/m0/s1. The van der Waals surface area contributed by atoms with Gasteiger partial charge in [-0.1, -0.05) is 12.1 Å². The largest absolute Gasteiger partial charge is 0.479 e. The number of nitrogens with one attached hydrogen (secondary N) is 1. The van der Waals surface area contributed by atoms with Crippen molar-refractivity contribution in [2.45, 2.75) is 17.9 Å². The molecule has 0 aromatic heterocycles. The third kappa shape index (κ3) is 4.38. The van der Waals surface area contributed by atoms with E-state index in [9.17, 15) is 9.59 Å². The Balaban J connectivity index is 2.52. The first-order chi connectivity index (χ1) is 8.54. The molecule has 0 heterocycles. The molecule has 0 aliphatic heterocycles. The first kappa shape index (κ1) is 14.5. The highest BCUT2D eigenvalue weighted by molar-refractivity contribution is 7.98. The molecule has 0 aliphatic carbocycles. The number of anilines is 1. The van der Waals surface area contributed by atoms with E-state index >= 15 is 0 Å². The molecule has 0 saturated heterocycles. The van der Waals surface area contributed by atoms with E-state index < -0.39 is 12.1 Å². The number of thioether (sulfide) groups is 1. The zero-order chi connectivity index (χ0) is 13.5. The van der Waals surface area contributed by atoms with Crippen LogP contribution in [0.5, 0.6) is 0 Å². The molecule has 0 unspecified atom stereocenters. The van der Waals surface area contributed by atoms with Crippen molar-refractivity contribution in [2.24, 2.45) is 0 Å². The molecular formula is C12H15NO4S. The quantitative estimate of drug-likeness (QED) is 0.771. The van der Waals surface area contributed by atoms with Crippen molar-refractivity contribution in [1.29, 1.82) is 0 Å². The third-order valence-corrected chi connectivity index (χ3v) is 2.99. The first-order valence-electron chi connectivity index (χ1n) is 5.32. The Hall–Kier alpha value is -1.53. The molecule has 2 N–H and O–H groups in total. The highest BCUT2D eigenvalue weighted by Gasteiger charge is 2.13. The lowest BCUT2D eigenvalue weighted by Crippen LogP contribution is -2.26. The number of rotatable bonds is 6. The van der Waals surface area contributed by atoms with E-state index in [1.165, 1.54) is 18.7 Å². The number of carboxylic acids is 1. The summed E-state index contributed by atoms with van der Waals surface area (Å²) in [6.45, 7) is 1.10. The lowest BCUT2D eigenvalue weighted by molar-refractivity contribution is -0.150. The van der Waals surface area contributed by atoms with Gasteiger partial charge in [0, 0.05) is 4.90 Å². The number of carboxylic acid groups (broad SMARTS) is 1. The fraction of sp³-hybridized carbons (Fsp3) is 0.333. The van der Waals surface area contributed by atoms with Crippen LogP contribution in [0, 0.1) is 0 Å². The minimum atomic E-state index is -1.09. The van der Waals surface area contributed by atoms with Gasteiger partial charge >= 0.3 is 5.97 Å².